The Kier molecular flexibility index (Phi) is 4.54. The average molecular weight is 290 g/mol. The van der Waals surface area contributed by atoms with Crippen LogP contribution >= 0.6 is 15.9 Å². The maximum absolute atomic E-state index is 13.0. The standard InChI is InChI=1S/C10H13BrFN3O/c1-2-8(10(13)15-16)14-9-5-6(12)3-4-7(9)11/h3-5,8,14,16H,2H2,1H3,(H2,13,15). The largest absolute Gasteiger partial charge is 0.409 e. The van der Waals surface area contributed by atoms with Gasteiger partial charge in [-0.1, -0.05) is 12.1 Å². The van der Waals surface area contributed by atoms with Crippen LogP contribution in [0.4, 0.5) is 10.1 Å². The van der Waals surface area contributed by atoms with Gasteiger partial charge in [0.1, 0.15) is 5.82 Å². The van der Waals surface area contributed by atoms with Gasteiger partial charge in [-0.05, 0) is 40.5 Å². The van der Waals surface area contributed by atoms with E-state index in [-0.39, 0.29) is 17.7 Å². The lowest BCUT2D eigenvalue weighted by molar-refractivity contribution is 0.316. The molecule has 0 bridgehead atoms. The highest BCUT2D eigenvalue weighted by Gasteiger charge is 2.13. The first-order valence-electron chi connectivity index (χ1n) is 4.77. The van der Waals surface area contributed by atoms with Crippen LogP contribution in [-0.2, 0) is 0 Å². The minimum Gasteiger partial charge on any atom is -0.409 e. The summed E-state index contributed by atoms with van der Waals surface area (Å²) in [5.41, 5.74) is 6.06. The molecule has 16 heavy (non-hydrogen) atoms. The highest BCUT2D eigenvalue weighted by atomic mass is 79.9. The molecule has 4 N–H and O–H groups in total. The van der Waals surface area contributed by atoms with Crippen molar-refractivity contribution < 1.29 is 9.60 Å². The van der Waals surface area contributed by atoms with E-state index >= 15 is 0 Å². The summed E-state index contributed by atoms with van der Waals surface area (Å²) in [6.07, 6.45) is 0.624. The van der Waals surface area contributed by atoms with Gasteiger partial charge >= 0.3 is 0 Å². The summed E-state index contributed by atoms with van der Waals surface area (Å²) >= 11 is 3.29. The third-order valence-corrected chi connectivity index (χ3v) is 2.83. The third-order valence-electron chi connectivity index (χ3n) is 2.14. The van der Waals surface area contributed by atoms with Crippen LogP contribution in [0.3, 0.4) is 0 Å². The van der Waals surface area contributed by atoms with E-state index in [4.69, 9.17) is 10.9 Å². The summed E-state index contributed by atoms with van der Waals surface area (Å²) in [6.45, 7) is 1.88. The molecule has 0 amide bonds. The second-order valence-electron chi connectivity index (χ2n) is 3.25. The van der Waals surface area contributed by atoms with Crippen LogP contribution < -0.4 is 11.1 Å². The molecule has 4 nitrogen and oxygen atoms in total. The summed E-state index contributed by atoms with van der Waals surface area (Å²) < 4.78 is 13.7. The first kappa shape index (κ1) is 12.8. The van der Waals surface area contributed by atoms with Crippen LogP contribution in [0.2, 0.25) is 0 Å². The fourth-order valence-electron chi connectivity index (χ4n) is 1.25. The van der Waals surface area contributed by atoms with E-state index < -0.39 is 0 Å². The van der Waals surface area contributed by atoms with Crippen molar-refractivity contribution in [2.24, 2.45) is 10.9 Å². The smallest absolute Gasteiger partial charge is 0.161 e. The number of amidine groups is 1. The molecule has 0 aliphatic rings. The van der Waals surface area contributed by atoms with Gasteiger partial charge in [0.2, 0.25) is 0 Å². The molecule has 1 unspecified atom stereocenters. The van der Waals surface area contributed by atoms with Crippen molar-refractivity contribution in [1.29, 1.82) is 0 Å². The number of anilines is 1. The number of benzene rings is 1. The molecule has 0 fully saturated rings. The van der Waals surface area contributed by atoms with Crippen LogP contribution in [0.1, 0.15) is 13.3 Å². The highest BCUT2D eigenvalue weighted by molar-refractivity contribution is 9.10. The number of oxime groups is 1. The van der Waals surface area contributed by atoms with Gasteiger partial charge < -0.3 is 16.3 Å². The molecule has 0 aliphatic heterocycles. The van der Waals surface area contributed by atoms with Crippen molar-refractivity contribution in [2.45, 2.75) is 19.4 Å². The normalized spacial score (nSPS) is 13.6. The average Bonchev–Trinajstić information content (AvgIpc) is 2.29. The Morgan fingerprint density at radius 2 is 2.38 bits per heavy atom. The summed E-state index contributed by atoms with van der Waals surface area (Å²) in [5.74, 6) is -0.279. The summed E-state index contributed by atoms with van der Waals surface area (Å²) in [6, 6.07) is 3.96. The quantitative estimate of drug-likeness (QED) is 0.345. The van der Waals surface area contributed by atoms with E-state index in [2.05, 4.69) is 26.4 Å². The first-order chi connectivity index (χ1) is 7.58. The topological polar surface area (TPSA) is 70.6 Å². The molecule has 0 aromatic heterocycles. The minimum absolute atomic E-state index is 0.0682. The Hall–Kier alpha value is -1.30. The van der Waals surface area contributed by atoms with Crippen molar-refractivity contribution in [2.75, 3.05) is 5.32 Å². The zero-order chi connectivity index (χ0) is 12.1. The maximum atomic E-state index is 13.0. The van der Waals surface area contributed by atoms with E-state index in [0.717, 1.165) is 4.47 Å². The lowest BCUT2D eigenvalue weighted by Crippen LogP contribution is -2.35. The van der Waals surface area contributed by atoms with Gasteiger partial charge in [0.25, 0.3) is 0 Å². The molecule has 0 saturated heterocycles. The molecule has 0 aliphatic carbocycles. The second kappa shape index (κ2) is 5.69. The van der Waals surface area contributed by atoms with Gasteiger partial charge in [0.05, 0.1) is 11.7 Å². The molecule has 6 heteroatoms. The zero-order valence-corrected chi connectivity index (χ0v) is 10.3. The summed E-state index contributed by atoms with van der Waals surface area (Å²) in [5, 5.41) is 14.5. The molecule has 0 radical (unpaired) electrons. The lowest BCUT2D eigenvalue weighted by atomic mass is 10.2. The van der Waals surface area contributed by atoms with Gasteiger partial charge in [-0.25, -0.2) is 4.39 Å². The molecule has 88 valence electrons. The number of rotatable bonds is 4. The molecule has 1 aromatic rings. The van der Waals surface area contributed by atoms with Crippen LogP contribution in [0.25, 0.3) is 0 Å². The van der Waals surface area contributed by atoms with Gasteiger partial charge in [-0.3, -0.25) is 0 Å². The molecule has 0 spiro atoms. The van der Waals surface area contributed by atoms with Crippen LogP contribution in [0, 0.1) is 5.82 Å². The SMILES string of the molecule is CCC(Nc1cc(F)ccc1Br)/C(N)=N/O. The van der Waals surface area contributed by atoms with Crippen molar-refractivity contribution in [3.63, 3.8) is 0 Å². The molecular weight excluding hydrogens is 277 g/mol. The molecule has 1 rings (SSSR count). The number of nitrogens with two attached hydrogens (primary N) is 1. The maximum Gasteiger partial charge on any atom is 0.161 e. The Bertz CT molecular complexity index is 398. The minimum atomic E-state index is -0.347. The fourth-order valence-corrected chi connectivity index (χ4v) is 1.61. The van der Waals surface area contributed by atoms with Gasteiger partial charge in [0, 0.05) is 4.47 Å². The number of nitrogens with one attached hydrogen (secondary N) is 1. The Morgan fingerprint density at radius 1 is 1.69 bits per heavy atom. The van der Waals surface area contributed by atoms with E-state index in [1.807, 2.05) is 6.92 Å². The molecule has 0 saturated carbocycles. The second-order valence-corrected chi connectivity index (χ2v) is 4.11. The van der Waals surface area contributed by atoms with Crippen LogP contribution in [0.5, 0.6) is 0 Å². The Morgan fingerprint density at radius 3 is 2.94 bits per heavy atom. The molecular formula is C10H13BrFN3O. The van der Waals surface area contributed by atoms with E-state index in [1.54, 1.807) is 6.07 Å². The van der Waals surface area contributed by atoms with Crippen LogP contribution in [-0.4, -0.2) is 17.1 Å². The fraction of sp³-hybridized carbons (Fsp3) is 0.300. The number of hydrogen-bond donors (Lipinski definition) is 3. The van der Waals surface area contributed by atoms with E-state index in [9.17, 15) is 4.39 Å². The predicted molar refractivity (Wildman–Crippen MR) is 65.2 cm³/mol. The summed E-state index contributed by atoms with van der Waals surface area (Å²) in [7, 11) is 0. The Balaban J connectivity index is 2.89. The molecule has 1 atom stereocenters. The van der Waals surface area contributed by atoms with E-state index in [1.165, 1.54) is 12.1 Å². The van der Waals surface area contributed by atoms with Crippen molar-refractivity contribution in [3.05, 3.63) is 28.5 Å². The third kappa shape index (κ3) is 3.10. The van der Waals surface area contributed by atoms with Gasteiger partial charge in [-0.15, -0.1) is 0 Å². The highest BCUT2D eigenvalue weighted by Crippen LogP contribution is 2.24. The van der Waals surface area contributed by atoms with Crippen molar-refractivity contribution in [3.8, 4) is 0 Å². The first-order valence-corrected chi connectivity index (χ1v) is 5.56. The van der Waals surface area contributed by atoms with Crippen LogP contribution in [0.15, 0.2) is 27.8 Å². The van der Waals surface area contributed by atoms with Crippen molar-refractivity contribution in [1.82, 2.24) is 0 Å². The number of hydrogen-bond acceptors (Lipinski definition) is 3. The summed E-state index contributed by atoms with van der Waals surface area (Å²) in [4.78, 5) is 0. The van der Waals surface area contributed by atoms with Crippen molar-refractivity contribution >= 4 is 27.5 Å². The molecule has 1 aromatic carbocycles. The van der Waals surface area contributed by atoms with Gasteiger partial charge in [0.15, 0.2) is 5.84 Å². The number of halogens is 2. The predicted octanol–water partition coefficient (Wildman–Crippen LogP) is 2.53. The Labute approximate surface area is 101 Å². The molecule has 0 heterocycles. The zero-order valence-electron chi connectivity index (χ0n) is 8.74. The lowest BCUT2D eigenvalue weighted by Gasteiger charge is -2.17. The van der Waals surface area contributed by atoms with Gasteiger partial charge in [-0.2, -0.15) is 0 Å². The van der Waals surface area contributed by atoms with E-state index in [0.29, 0.717) is 12.1 Å². The number of nitrogens with zero attached hydrogens (tertiary/aromatic N) is 1. The monoisotopic (exact) mass is 289 g/mol.